The average molecular weight is 360 g/mol. The van der Waals surface area contributed by atoms with Crippen LogP contribution in [0.1, 0.15) is 54.4 Å². The molecule has 6 rings (SSSR count). The minimum Gasteiger partial charge on any atom is -0.389 e. The molecule has 0 unspecified atom stereocenters. The van der Waals surface area contributed by atoms with Crippen LogP contribution in [0.25, 0.3) is 0 Å². The third-order valence-corrected chi connectivity index (χ3v) is 7.81. The maximum Gasteiger partial charge on any atom is 0.0725 e. The lowest BCUT2D eigenvalue weighted by Crippen LogP contribution is -2.62. The van der Waals surface area contributed by atoms with Gasteiger partial charge in [0.15, 0.2) is 0 Å². The fourth-order valence-electron chi connectivity index (χ4n) is 7.01. The Hall–Kier alpha value is -1.90. The van der Waals surface area contributed by atoms with E-state index in [2.05, 4.69) is 62.0 Å². The summed E-state index contributed by atoms with van der Waals surface area (Å²) in [7, 11) is 1.81. The van der Waals surface area contributed by atoms with E-state index < -0.39 is 5.60 Å². The van der Waals surface area contributed by atoms with Crippen molar-refractivity contribution < 1.29 is 9.84 Å². The largest absolute Gasteiger partial charge is 0.389 e. The zero-order chi connectivity index (χ0) is 18.8. The molecule has 1 N–H and O–H groups in total. The molecule has 2 bridgehead atoms. The summed E-state index contributed by atoms with van der Waals surface area (Å²) in [5.74, 6) is 0.956. The summed E-state index contributed by atoms with van der Waals surface area (Å²) < 4.78 is 6.06. The monoisotopic (exact) mass is 360 g/mol. The van der Waals surface area contributed by atoms with E-state index >= 15 is 0 Å². The summed E-state index contributed by atoms with van der Waals surface area (Å²) in [6.45, 7) is 6.14. The summed E-state index contributed by atoms with van der Waals surface area (Å²) in [5, 5.41) is 11.8. The fraction of sp³-hybridized carbons (Fsp3) is 0.440. The van der Waals surface area contributed by atoms with Crippen LogP contribution in [0.15, 0.2) is 61.2 Å². The van der Waals surface area contributed by atoms with Crippen molar-refractivity contribution in [1.29, 1.82) is 0 Å². The maximum atomic E-state index is 11.8. The van der Waals surface area contributed by atoms with Crippen LogP contribution in [0.2, 0.25) is 0 Å². The summed E-state index contributed by atoms with van der Waals surface area (Å²) >= 11 is 0. The first kappa shape index (κ1) is 17.2. The van der Waals surface area contributed by atoms with Crippen molar-refractivity contribution in [3.63, 3.8) is 0 Å². The van der Waals surface area contributed by atoms with Crippen molar-refractivity contribution >= 4 is 0 Å². The second kappa shape index (κ2) is 5.80. The molecule has 0 aliphatic heterocycles. The van der Waals surface area contributed by atoms with Crippen molar-refractivity contribution in [2.45, 2.75) is 49.2 Å². The van der Waals surface area contributed by atoms with Gasteiger partial charge in [0.2, 0.25) is 0 Å². The minimum atomic E-state index is -0.724. The molecule has 4 aliphatic rings. The van der Waals surface area contributed by atoms with Crippen LogP contribution in [0, 0.1) is 11.8 Å². The van der Waals surface area contributed by atoms with Crippen molar-refractivity contribution in [2.24, 2.45) is 11.8 Å². The molecule has 0 spiro atoms. The summed E-state index contributed by atoms with van der Waals surface area (Å²) in [6, 6.07) is 17.8. The van der Waals surface area contributed by atoms with Gasteiger partial charge >= 0.3 is 0 Å². The third kappa shape index (κ3) is 1.93. The molecule has 0 saturated heterocycles. The number of benzene rings is 2. The van der Waals surface area contributed by atoms with Crippen molar-refractivity contribution in [3.05, 3.63) is 83.4 Å². The van der Waals surface area contributed by atoms with Gasteiger partial charge in [-0.1, -0.05) is 54.6 Å². The molecule has 0 amide bonds. The molecule has 2 aromatic rings. The number of hydrogen-bond acceptors (Lipinski definition) is 2. The van der Waals surface area contributed by atoms with E-state index in [0.717, 1.165) is 12.8 Å². The number of rotatable bonds is 4. The first-order valence-corrected chi connectivity index (χ1v) is 10.1. The summed E-state index contributed by atoms with van der Waals surface area (Å²) in [4.78, 5) is 0. The molecular formula is C25H28O2. The molecule has 1 fully saturated rings. The standard InChI is InChI=1S/C25H28O2/c1-4-14-24(26)15-13-19-22-17-9-5-7-11-20(17)25(23(19)24,16(2)27-3)21-12-8-6-10-18(21)22/h4-12,16,19,22-23,26H,1,13-15H2,2-3H3/t16-,19-,22?,23+,24+,25?/m0/s1. The molecule has 140 valence electrons. The van der Waals surface area contributed by atoms with Crippen molar-refractivity contribution in [2.75, 3.05) is 7.11 Å². The van der Waals surface area contributed by atoms with Gasteiger partial charge in [-0.3, -0.25) is 0 Å². The third-order valence-electron chi connectivity index (χ3n) is 7.81. The van der Waals surface area contributed by atoms with Crippen LogP contribution in [0.3, 0.4) is 0 Å². The SMILES string of the molecule is C=CC[C@@]1(O)CC[C@H]2C3c4ccccc4C([C@H](C)OC)(c4ccccc43)[C@H]21. The lowest BCUT2D eigenvalue weighted by atomic mass is 9.44. The van der Waals surface area contributed by atoms with Gasteiger partial charge in [0.05, 0.1) is 17.1 Å². The lowest BCUT2D eigenvalue weighted by Gasteiger charge is -2.61. The molecule has 4 aliphatic carbocycles. The van der Waals surface area contributed by atoms with Crippen LogP contribution >= 0.6 is 0 Å². The van der Waals surface area contributed by atoms with Gasteiger partial charge in [0.1, 0.15) is 0 Å². The Morgan fingerprint density at radius 3 is 2.30 bits per heavy atom. The quantitative estimate of drug-likeness (QED) is 0.794. The highest BCUT2D eigenvalue weighted by molar-refractivity contribution is 5.62. The second-order valence-electron chi connectivity index (χ2n) is 8.68. The van der Waals surface area contributed by atoms with Crippen LogP contribution in [0.5, 0.6) is 0 Å². The average Bonchev–Trinajstić information content (AvgIpc) is 3.05. The van der Waals surface area contributed by atoms with Crippen LogP contribution < -0.4 is 0 Å². The van der Waals surface area contributed by atoms with Crippen LogP contribution in [0.4, 0.5) is 0 Å². The molecule has 1 saturated carbocycles. The van der Waals surface area contributed by atoms with E-state index in [1.54, 1.807) is 0 Å². The predicted octanol–water partition coefficient (Wildman–Crippen LogP) is 4.80. The molecule has 4 atom stereocenters. The smallest absolute Gasteiger partial charge is 0.0725 e. The number of ether oxygens (including phenoxy) is 1. The van der Waals surface area contributed by atoms with E-state index in [4.69, 9.17) is 4.74 Å². The van der Waals surface area contributed by atoms with Gasteiger partial charge in [-0.2, -0.15) is 0 Å². The Labute approximate surface area is 161 Å². The Balaban J connectivity index is 1.89. The minimum absolute atomic E-state index is 0.0250. The molecule has 0 aromatic heterocycles. The normalized spacial score (nSPS) is 36.6. The summed E-state index contributed by atoms with van der Waals surface area (Å²) in [5.41, 5.74) is 4.53. The van der Waals surface area contributed by atoms with Crippen LogP contribution in [-0.2, 0) is 10.2 Å². The van der Waals surface area contributed by atoms with Gasteiger partial charge in [0.25, 0.3) is 0 Å². The molecule has 2 aromatic carbocycles. The van der Waals surface area contributed by atoms with Gasteiger partial charge in [-0.25, -0.2) is 0 Å². The van der Waals surface area contributed by atoms with Gasteiger partial charge in [-0.15, -0.1) is 6.58 Å². The molecular weight excluding hydrogens is 332 g/mol. The molecule has 0 heterocycles. The highest BCUT2D eigenvalue weighted by Crippen LogP contribution is 2.69. The van der Waals surface area contributed by atoms with Crippen molar-refractivity contribution in [3.8, 4) is 0 Å². The Morgan fingerprint density at radius 1 is 1.15 bits per heavy atom. The predicted molar refractivity (Wildman–Crippen MR) is 108 cm³/mol. The first-order valence-electron chi connectivity index (χ1n) is 10.1. The van der Waals surface area contributed by atoms with E-state index in [1.807, 2.05) is 13.2 Å². The number of aliphatic hydroxyl groups is 1. The van der Waals surface area contributed by atoms with E-state index in [9.17, 15) is 5.11 Å². The topological polar surface area (TPSA) is 29.5 Å². The van der Waals surface area contributed by atoms with Gasteiger partial charge in [0, 0.05) is 18.9 Å². The second-order valence-corrected chi connectivity index (χ2v) is 8.68. The van der Waals surface area contributed by atoms with Crippen molar-refractivity contribution in [1.82, 2.24) is 0 Å². The Morgan fingerprint density at radius 2 is 1.74 bits per heavy atom. The fourth-order valence-corrected chi connectivity index (χ4v) is 7.01. The zero-order valence-electron chi connectivity index (χ0n) is 16.2. The van der Waals surface area contributed by atoms with E-state index in [-0.39, 0.29) is 17.4 Å². The van der Waals surface area contributed by atoms with Gasteiger partial charge in [-0.05, 0) is 54.4 Å². The summed E-state index contributed by atoms with van der Waals surface area (Å²) in [6.07, 6.45) is 4.41. The van der Waals surface area contributed by atoms with Gasteiger partial charge < -0.3 is 9.84 Å². The van der Waals surface area contributed by atoms with Crippen LogP contribution in [-0.4, -0.2) is 23.9 Å². The Kier molecular flexibility index (Phi) is 3.70. The highest BCUT2D eigenvalue weighted by Gasteiger charge is 2.68. The zero-order valence-corrected chi connectivity index (χ0v) is 16.2. The molecule has 2 nitrogen and oxygen atoms in total. The number of methoxy groups -OCH3 is 1. The van der Waals surface area contributed by atoms with E-state index in [0.29, 0.717) is 18.3 Å². The molecule has 2 heteroatoms. The number of hydrogen-bond donors (Lipinski definition) is 1. The molecule has 0 radical (unpaired) electrons. The first-order chi connectivity index (χ1) is 13.1. The lowest BCUT2D eigenvalue weighted by molar-refractivity contribution is -0.0839. The van der Waals surface area contributed by atoms with E-state index in [1.165, 1.54) is 22.3 Å². The Bertz CT molecular complexity index is 853. The highest BCUT2D eigenvalue weighted by atomic mass is 16.5. The maximum absolute atomic E-state index is 11.8. The molecule has 27 heavy (non-hydrogen) atoms.